The molecule has 4 heterocycles. The molecule has 0 spiro atoms. The molecule has 0 radical (unpaired) electrons. The zero-order valence-corrected chi connectivity index (χ0v) is 18.2. The molecule has 0 aromatic carbocycles. The van der Waals surface area contributed by atoms with E-state index in [1.165, 1.54) is 6.07 Å². The second-order valence-corrected chi connectivity index (χ2v) is 8.83. The van der Waals surface area contributed by atoms with E-state index in [-0.39, 0.29) is 21.8 Å². The van der Waals surface area contributed by atoms with E-state index >= 15 is 0 Å². The van der Waals surface area contributed by atoms with E-state index in [1.807, 2.05) is 0 Å². The Labute approximate surface area is 192 Å². The fourth-order valence-corrected chi connectivity index (χ4v) is 4.85. The number of aromatic nitrogens is 4. The third-order valence-electron chi connectivity index (χ3n) is 4.69. The molecule has 5 N–H and O–H groups in total. The number of nitrogen functional groups attached to an aromatic ring is 1. The molecule has 1 saturated heterocycles. The molecule has 2 unspecified atom stereocenters. The van der Waals surface area contributed by atoms with Crippen LogP contribution in [0.4, 0.5) is 5.13 Å². The molecule has 0 saturated carbocycles. The number of amides is 2. The Bertz CT molecular complexity index is 1170. The molecule has 0 aliphatic carbocycles. The number of β-lactam (4-membered cyclic amide) rings is 1. The smallest absolute Gasteiger partial charge is 0.353 e. The van der Waals surface area contributed by atoms with Gasteiger partial charge in [-0.05, 0) is 25.0 Å². The number of thioether (sulfide) groups is 1. The van der Waals surface area contributed by atoms with E-state index in [4.69, 9.17) is 17.3 Å². The zero-order chi connectivity index (χ0) is 23.0. The lowest BCUT2D eigenvalue weighted by Gasteiger charge is -2.50. The lowest BCUT2D eigenvalue weighted by molar-refractivity contribution is -0.155. The topological polar surface area (TPSA) is 197 Å². The standard InChI is InChI=1S/C16H13ClN8O5S2/c17-7-3-4-8(22-21-7)31-6-2-1-5-9(14(27)25(5)11(6)15(28)29)19-13(26)10(23-30)12-20-16(18)32-24-12/h3-5,9,30H,1-2H2,(H,19,26)(H,28,29)(H2,18,20,24)/b23-10-. The first-order chi connectivity index (χ1) is 15.3. The third kappa shape index (κ3) is 3.96. The van der Waals surface area contributed by atoms with Crippen LogP contribution < -0.4 is 11.1 Å². The summed E-state index contributed by atoms with van der Waals surface area (Å²) in [7, 11) is 0. The van der Waals surface area contributed by atoms with Crippen molar-refractivity contribution in [2.24, 2.45) is 5.16 Å². The average molecular weight is 497 g/mol. The summed E-state index contributed by atoms with van der Waals surface area (Å²) in [6.07, 6.45) is 0.729. The highest BCUT2D eigenvalue weighted by Gasteiger charge is 2.54. The molecule has 0 bridgehead atoms. The minimum Gasteiger partial charge on any atom is -0.477 e. The van der Waals surface area contributed by atoms with Gasteiger partial charge in [-0.3, -0.25) is 14.5 Å². The van der Waals surface area contributed by atoms with Gasteiger partial charge in [-0.1, -0.05) is 28.5 Å². The summed E-state index contributed by atoms with van der Waals surface area (Å²) in [6.45, 7) is 0. The van der Waals surface area contributed by atoms with Crippen molar-refractivity contribution in [2.75, 3.05) is 5.73 Å². The molecule has 2 aromatic rings. The summed E-state index contributed by atoms with van der Waals surface area (Å²) in [5, 5.41) is 32.6. The number of allylic oxidation sites excluding steroid dienone is 1. The highest BCUT2D eigenvalue weighted by Crippen LogP contribution is 2.42. The minimum atomic E-state index is -1.28. The Morgan fingerprint density at radius 1 is 1.38 bits per heavy atom. The molecule has 2 aromatic heterocycles. The van der Waals surface area contributed by atoms with Crippen molar-refractivity contribution < 1.29 is 24.7 Å². The van der Waals surface area contributed by atoms with Crippen LogP contribution >= 0.6 is 34.9 Å². The lowest BCUT2D eigenvalue weighted by atomic mass is 9.86. The highest BCUT2D eigenvalue weighted by atomic mass is 35.5. The summed E-state index contributed by atoms with van der Waals surface area (Å²) in [6, 6.07) is 1.54. The van der Waals surface area contributed by atoms with Gasteiger partial charge >= 0.3 is 5.97 Å². The molecule has 32 heavy (non-hydrogen) atoms. The quantitative estimate of drug-likeness (QED) is 0.186. The number of carboxylic acid groups (broad SMARTS) is 1. The molecule has 13 nitrogen and oxygen atoms in total. The van der Waals surface area contributed by atoms with E-state index < -0.39 is 35.6 Å². The first kappa shape index (κ1) is 21.9. The number of carbonyl (C=O) groups excluding carboxylic acids is 2. The molecule has 2 aliphatic heterocycles. The number of rotatable bonds is 6. The van der Waals surface area contributed by atoms with E-state index in [9.17, 15) is 24.7 Å². The number of nitrogens with zero attached hydrogens (tertiary/aromatic N) is 6. The van der Waals surface area contributed by atoms with Crippen LogP contribution in [0.1, 0.15) is 18.7 Å². The lowest BCUT2D eigenvalue weighted by Crippen LogP contribution is -2.72. The van der Waals surface area contributed by atoms with Gasteiger partial charge in [0, 0.05) is 16.4 Å². The van der Waals surface area contributed by atoms with Crippen molar-refractivity contribution in [3.63, 3.8) is 0 Å². The molecule has 1 fully saturated rings. The van der Waals surface area contributed by atoms with Gasteiger partial charge in [0.2, 0.25) is 11.5 Å². The second-order valence-electron chi connectivity index (χ2n) is 6.54. The van der Waals surface area contributed by atoms with Crippen LogP contribution in [0.5, 0.6) is 0 Å². The molecular formula is C16H13ClN8O5S2. The summed E-state index contributed by atoms with van der Waals surface area (Å²) in [4.78, 5) is 42.5. The molecule has 2 atom stereocenters. The monoisotopic (exact) mass is 496 g/mol. The van der Waals surface area contributed by atoms with Gasteiger partial charge in [-0.2, -0.15) is 9.36 Å². The molecule has 2 amide bonds. The van der Waals surface area contributed by atoms with Crippen molar-refractivity contribution >= 4 is 63.5 Å². The van der Waals surface area contributed by atoms with Crippen LogP contribution in [0.15, 0.2) is 32.9 Å². The predicted octanol–water partition coefficient (Wildman–Crippen LogP) is 0.320. The summed E-state index contributed by atoms with van der Waals surface area (Å²) < 4.78 is 3.80. The molecule has 4 rings (SSSR count). The maximum absolute atomic E-state index is 12.7. The van der Waals surface area contributed by atoms with Gasteiger partial charge in [0.25, 0.3) is 11.8 Å². The maximum atomic E-state index is 12.7. The number of nitrogens with one attached hydrogen (secondary N) is 1. The number of hydrogen-bond donors (Lipinski definition) is 4. The van der Waals surface area contributed by atoms with E-state index in [2.05, 4.69) is 30.0 Å². The van der Waals surface area contributed by atoms with E-state index in [0.29, 0.717) is 22.8 Å². The Balaban J connectivity index is 1.52. The van der Waals surface area contributed by atoms with Crippen molar-refractivity contribution in [3.8, 4) is 0 Å². The minimum absolute atomic E-state index is 0.0683. The fourth-order valence-electron chi connectivity index (χ4n) is 3.34. The Kier molecular flexibility index (Phi) is 5.94. The number of aliphatic carboxylic acids is 1. The number of oxime groups is 1. The first-order valence-corrected chi connectivity index (χ1v) is 10.9. The first-order valence-electron chi connectivity index (χ1n) is 8.89. The Morgan fingerprint density at radius 2 is 2.16 bits per heavy atom. The van der Waals surface area contributed by atoms with Crippen LogP contribution in [0, 0.1) is 0 Å². The normalized spacial score (nSPS) is 20.6. The molecule has 166 valence electrons. The van der Waals surface area contributed by atoms with E-state index in [0.717, 1.165) is 28.2 Å². The molecule has 16 heteroatoms. The van der Waals surface area contributed by atoms with Crippen molar-refractivity contribution in [3.05, 3.63) is 33.7 Å². The van der Waals surface area contributed by atoms with Crippen molar-refractivity contribution in [1.29, 1.82) is 0 Å². The van der Waals surface area contributed by atoms with Crippen molar-refractivity contribution in [1.82, 2.24) is 29.8 Å². The summed E-state index contributed by atoms with van der Waals surface area (Å²) in [5.74, 6) is -2.96. The average Bonchev–Trinajstić information content (AvgIpc) is 3.19. The highest BCUT2D eigenvalue weighted by molar-refractivity contribution is 8.03. The Morgan fingerprint density at radius 3 is 2.75 bits per heavy atom. The maximum Gasteiger partial charge on any atom is 0.353 e. The largest absolute Gasteiger partial charge is 0.477 e. The van der Waals surface area contributed by atoms with E-state index in [1.54, 1.807) is 6.07 Å². The second kappa shape index (κ2) is 8.68. The van der Waals surface area contributed by atoms with Gasteiger partial charge in [0.15, 0.2) is 10.3 Å². The van der Waals surface area contributed by atoms with Gasteiger partial charge in [0.1, 0.15) is 16.8 Å². The zero-order valence-electron chi connectivity index (χ0n) is 15.8. The van der Waals surface area contributed by atoms with Crippen LogP contribution in [0.3, 0.4) is 0 Å². The van der Waals surface area contributed by atoms with Crippen LogP contribution in [-0.4, -0.2) is 70.3 Å². The molecule has 2 aliphatic rings. The predicted molar refractivity (Wildman–Crippen MR) is 112 cm³/mol. The van der Waals surface area contributed by atoms with Gasteiger partial charge in [0.05, 0.1) is 6.04 Å². The van der Waals surface area contributed by atoms with Gasteiger partial charge in [-0.15, -0.1) is 10.2 Å². The van der Waals surface area contributed by atoms with Crippen LogP contribution in [-0.2, 0) is 14.4 Å². The number of anilines is 1. The number of nitrogens with two attached hydrogens (primary N) is 1. The number of hydrogen-bond acceptors (Lipinski definition) is 12. The van der Waals surface area contributed by atoms with Crippen molar-refractivity contribution in [2.45, 2.75) is 30.0 Å². The van der Waals surface area contributed by atoms with Gasteiger partial charge in [-0.25, -0.2) is 4.79 Å². The van der Waals surface area contributed by atoms with Crippen LogP contribution in [0.2, 0.25) is 5.15 Å². The fraction of sp³-hybridized carbons (Fsp3) is 0.250. The molecular weight excluding hydrogens is 484 g/mol. The Hall–Kier alpha value is -3.30. The summed E-state index contributed by atoms with van der Waals surface area (Å²) in [5.41, 5.74) is 4.79. The number of carbonyl (C=O) groups is 3. The number of fused-ring (bicyclic) bond motifs is 1. The van der Waals surface area contributed by atoms with Gasteiger partial charge < -0.3 is 21.4 Å². The van der Waals surface area contributed by atoms with Crippen LogP contribution in [0.25, 0.3) is 0 Å². The number of halogens is 1. The SMILES string of the molecule is Nc1nc(/C(=N/O)C(=O)NC2C(=O)N3C(C(=O)O)=C(Sc4ccc(Cl)nn4)CCC23)ns1. The summed E-state index contributed by atoms with van der Waals surface area (Å²) >= 11 is 7.61. The number of carboxylic acids is 1. The third-order valence-corrected chi connectivity index (χ3v) is 6.50.